The molecule has 2 heterocycles. The third-order valence-electron chi connectivity index (χ3n) is 9.87. The van der Waals surface area contributed by atoms with Crippen molar-refractivity contribution < 1.29 is 4.79 Å². The molecule has 2 fully saturated rings. The van der Waals surface area contributed by atoms with E-state index in [4.69, 9.17) is 5.73 Å². The highest BCUT2D eigenvalue weighted by Gasteiger charge is 2.27. The van der Waals surface area contributed by atoms with Gasteiger partial charge in [0.2, 0.25) is 5.91 Å². The number of rotatable bonds is 8. The minimum absolute atomic E-state index is 0.00751. The summed E-state index contributed by atoms with van der Waals surface area (Å²) in [5.41, 5.74) is 14.0. The van der Waals surface area contributed by atoms with Gasteiger partial charge in [-0.1, -0.05) is 61.2 Å². The zero-order chi connectivity index (χ0) is 28.2. The number of carbonyl (C=O) groups excluding carboxylic acids is 1. The molecule has 1 aromatic heterocycles. The molecule has 41 heavy (non-hydrogen) atoms. The van der Waals surface area contributed by atoms with Crippen molar-refractivity contribution in [3.63, 3.8) is 0 Å². The van der Waals surface area contributed by atoms with Crippen molar-refractivity contribution in [1.29, 1.82) is 0 Å². The lowest BCUT2D eigenvalue weighted by molar-refractivity contribution is -0.122. The summed E-state index contributed by atoms with van der Waals surface area (Å²) < 4.78 is 2.52. The Bertz CT molecular complexity index is 1370. The van der Waals surface area contributed by atoms with Crippen LogP contribution in [0.5, 0.6) is 0 Å². The maximum absolute atomic E-state index is 13.6. The molecule has 6 rings (SSSR count). The third kappa shape index (κ3) is 6.79. The van der Waals surface area contributed by atoms with Gasteiger partial charge in [0, 0.05) is 54.6 Å². The summed E-state index contributed by atoms with van der Waals surface area (Å²) in [4.78, 5) is 13.6. The number of aromatic nitrogens is 1. The largest absolute Gasteiger partial charge is 0.353 e. The number of nitrogens with zero attached hydrogens (tertiary/aromatic N) is 1. The van der Waals surface area contributed by atoms with E-state index in [2.05, 4.69) is 76.9 Å². The molecule has 1 aliphatic heterocycles. The van der Waals surface area contributed by atoms with Crippen LogP contribution in [-0.4, -0.2) is 35.6 Å². The minimum Gasteiger partial charge on any atom is -0.353 e. The van der Waals surface area contributed by atoms with E-state index in [-0.39, 0.29) is 23.9 Å². The molecule has 2 aromatic carbocycles. The standard InChI is InChI=1S/C36H48N4O/c1-25-6-5-9-29(20-25)32(22-36(41)39-31-13-11-30(37)12-14-31)34-24-40(23-26-7-3-2-4-8-26)35-15-10-28(21-33(34)35)27-16-18-38-19-17-27/h5-6,9-10,15-16,20-21,24,26,30-32,38H,2-4,7-8,11-14,17-19,22-23,37H2,1H3,(H,39,41). The average molecular weight is 553 g/mol. The maximum Gasteiger partial charge on any atom is 0.221 e. The fraction of sp³-hybridized carbons (Fsp3) is 0.528. The second kappa shape index (κ2) is 13.0. The van der Waals surface area contributed by atoms with Gasteiger partial charge in [0.05, 0.1) is 0 Å². The van der Waals surface area contributed by atoms with Crippen molar-refractivity contribution in [2.75, 3.05) is 13.1 Å². The Labute approximate surface area is 246 Å². The van der Waals surface area contributed by atoms with Crippen LogP contribution in [0.1, 0.15) is 98.8 Å². The molecule has 0 saturated heterocycles. The summed E-state index contributed by atoms with van der Waals surface area (Å²) in [7, 11) is 0. The van der Waals surface area contributed by atoms with Gasteiger partial charge in [-0.25, -0.2) is 0 Å². The van der Waals surface area contributed by atoms with Crippen molar-refractivity contribution in [3.05, 3.63) is 77.0 Å². The molecule has 2 saturated carbocycles. The Morgan fingerprint density at radius 2 is 1.88 bits per heavy atom. The first-order valence-corrected chi connectivity index (χ1v) is 16.2. The Balaban J connectivity index is 1.38. The van der Waals surface area contributed by atoms with Crippen LogP contribution in [0.25, 0.3) is 16.5 Å². The molecule has 1 atom stereocenters. The second-order valence-corrected chi connectivity index (χ2v) is 13.0. The van der Waals surface area contributed by atoms with Crippen LogP contribution in [-0.2, 0) is 11.3 Å². The zero-order valence-corrected chi connectivity index (χ0v) is 24.8. The number of hydrogen-bond donors (Lipinski definition) is 3. The fourth-order valence-electron chi connectivity index (χ4n) is 7.52. The lowest BCUT2D eigenvalue weighted by atomic mass is 9.86. The normalized spacial score (nSPS) is 22.8. The van der Waals surface area contributed by atoms with Crippen molar-refractivity contribution in [3.8, 4) is 0 Å². The van der Waals surface area contributed by atoms with Gasteiger partial charge < -0.3 is 20.9 Å². The number of nitrogens with one attached hydrogen (secondary N) is 2. The van der Waals surface area contributed by atoms with E-state index in [1.807, 2.05) is 0 Å². The molecule has 5 nitrogen and oxygen atoms in total. The maximum atomic E-state index is 13.6. The van der Waals surface area contributed by atoms with Crippen LogP contribution in [0.4, 0.5) is 0 Å². The van der Waals surface area contributed by atoms with Gasteiger partial charge in [0.15, 0.2) is 0 Å². The quantitative estimate of drug-likeness (QED) is 0.287. The highest BCUT2D eigenvalue weighted by Crippen LogP contribution is 2.38. The van der Waals surface area contributed by atoms with E-state index in [1.54, 1.807) is 0 Å². The van der Waals surface area contributed by atoms with E-state index >= 15 is 0 Å². The van der Waals surface area contributed by atoms with Crippen LogP contribution in [0.3, 0.4) is 0 Å². The Morgan fingerprint density at radius 3 is 2.63 bits per heavy atom. The first-order chi connectivity index (χ1) is 20.0. The smallest absolute Gasteiger partial charge is 0.221 e. The number of amides is 1. The van der Waals surface area contributed by atoms with Crippen LogP contribution in [0, 0.1) is 12.8 Å². The Morgan fingerprint density at radius 1 is 1.05 bits per heavy atom. The fourth-order valence-corrected chi connectivity index (χ4v) is 7.52. The van der Waals surface area contributed by atoms with Gasteiger partial charge in [-0.2, -0.15) is 0 Å². The van der Waals surface area contributed by atoms with Gasteiger partial charge in [0.1, 0.15) is 0 Å². The lowest BCUT2D eigenvalue weighted by Gasteiger charge is -2.27. The molecular formula is C36H48N4O. The van der Waals surface area contributed by atoms with E-state index in [0.717, 1.165) is 57.7 Å². The van der Waals surface area contributed by atoms with E-state index in [0.29, 0.717) is 6.42 Å². The topological polar surface area (TPSA) is 72.1 Å². The van der Waals surface area contributed by atoms with E-state index in [9.17, 15) is 4.79 Å². The molecule has 5 heteroatoms. The van der Waals surface area contributed by atoms with Crippen molar-refractivity contribution in [2.45, 2.75) is 102 Å². The predicted molar refractivity (Wildman–Crippen MR) is 170 cm³/mol. The SMILES string of the molecule is Cc1cccc(C(CC(=O)NC2CCC(N)CC2)c2cn(CC3CCCCC3)c3ccc(C4=CCNCC4)cc23)c1. The lowest BCUT2D eigenvalue weighted by Crippen LogP contribution is -2.40. The number of benzene rings is 2. The highest BCUT2D eigenvalue weighted by molar-refractivity contribution is 5.90. The molecule has 0 spiro atoms. The summed E-state index contributed by atoms with van der Waals surface area (Å²) in [6.45, 7) is 5.18. The predicted octanol–water partition coefficient (Wildman–Crippen LogP) is 6.81. The van der Waals surface area contributed by atoms with Crippen LogP contribution < -0.4 is 16.4 Å². The molecule has 0 radical (unpaired) electrons. The highest BCUT2D eigenvalue weighted by atomic mass is 16.1. The molecule has 1 amide bonds. The molecule has 1 unspecified atom stereocenters. The summed E-state index contributed by atoms with van der Waals surface area (Å²) in [6, 6.07) is 16.4. The number of aryl methyl sites for hydroxylation is 1. The minimum atomic E-state index is 0.00751. The molecule has 3 aromatic rings. The van der Waals surface area contributed by atoms with Crippen LogP contribution in [0.2, 0.25) is 0 Å². The number of fused-ring (bicyclic) bond motifs is 1. The number of carbonyl (C=O) groups is 1. The van der Waals surface area contributed by atoms with Gasteiger partial charge in [0.25, 0.3) is 0 Å². The summed E-state index contributed by atoms with van der Waals surface area (Å²) in [5, 5.41) is 8.15. The molecule has 3 aliphatic rings. The Hall–Kier alpha value is -2.89. The summed E-state index contributed by atoms with van der Waals surface area (Å²) in [6.07, 6.45) is 16.9. The van der Waals surface area contributed by atoms with Crippen molar-refractivity contribution >= 4 is 22.4 Å². The molecular weight excluding hydrogens is 504 g/mol. The summed E-state index contributed by atoms with van der Waals surface area (Å²) >= 11 is 0. The van der Waals surface area contributed by atoms with Gasteiger partial charge in [-0.15, -0.1) is 0 Å². The molecule has 2 aliphatic carbocycles. The number of nitrogens with two attached hydrogens (primary N) is 1. The van der Waals surface area contributed by atoms with Crippen LogP contribution in [0.15, 0.2) is 54.7 Å². The van der Waals surface area contributed by atoms with Gasteiger partial charge in [-0.05, 0) is 98.7 Å². The van der Waals surface area contributed by atoms with Crippen molar-refractivity contribution in [1.82, 2.24) is 15.2 Å². The van der Waals surface area contributed by atoms with Crippen LogP contribution >= 0.6 is 0 Å². The third-order valence-corrected chi connectivity index (χ3v) is 9.87. The van der Waals surface area contributed by atoms with Gasteiger partial charge >= 0.3 is 0 Å². The van der Waals surface area contributed by atoms with Crippen molar-refractivity contribution in [2.24, 2.45) is 11.7 Å². The molecule has 0 bridgehead atoms. The first-order valence-electron chi connectivity index (χ1n) is 16.2. The first kappa shape index (κ1) is 28.2. The molecule has 4 N–H and O–H groups in total. The van der Waals surface area contributed by atoms with Gasteiger partial charge in [-0.3, -0.25) is 4.79 Å². The number of hydrogen-bond acceptors (Lipinski definition) is 3. The van der Waals surface area contributed by atoms with E-state index in [1.165, 1.54) is 70.8 Å². The Kier molecular flexibility index (Phi) is 8.92. The second-order valence-electron chi connectivity index (χ2n) is 13.0. The van der Waals surface area contributed by atoms with E-state index < -0.39 is 0 Å². The average Bonchev–Trinajstić information content (AvgIpc) is 3.35. The monoisotopic (exact) mass is 552 g/mol. The summed E-state index contributed by atoms with van der Waals surface area (Å²) in [5.74, 6) is 0.896. The zero-order valence-electron chi connectivity index (χ0n) is 24.8. The molecule has 218 valence electrons.